The van der Waals surface area contributed by atoms with E-state index in [-0.39, 0.29) is 9.03 Å². The van der Waals surface area contributed by atoms with E-state index in [9.17, 15) is 0 Å². The van der Waals surface area contributed by atoms with Crippen LogP contribution in [0, 0.1) is 5.92 Å². The molecule has 0 heterocycles. The summed E-state index contributed by atoms with van der Waals surface area (Å²) in [5, 5.41) is 0. The minimum atomic E-state index is 0.232. The summed E-state index contributed by atoms with van der Waals surface area (Å²) in [7, 11) is 0.232. The normalized spacial score (nSPS) is 12.2. The molecule has 0 aromatic carbocycles. The fourth-order valence-corrected chi connectivity index (χ4v) is 4.82. The van der Waals surface area contributed by atoms with E-state index in [4.69, 9.17) is 9.05 Å². The Morgan fingerprint density at radius 3 is 1.42 bits per heavy atom. The highest BCUT2D eigenvalue weighted by Crippen LogP contribution is 2.17. The molecule has 0 saturated carbocycles. The molecule has 0 aliphatic heterocycles. The van der Waals surface area contributed by atoms with E-state index in [1.165, 1.54) is 135 Å². The molecule has 0 aliphatic rings. The van der Waals surface area contributed by atoms with E-state index < -0.39 is 0 Å². The summed E-state index contributed by atoms with van der Waals surface area (Å²) in [5.74, 6) is 0.842. The summed E-state index contributed by atoms with van der Waals surface area (Å²) in [6, 6.07) is 0. The first-order chi connectivity index (χ1) is 16.2. The van der Waals surface area contributed by atoms with Crippen LogP contribution in [0.3, 0.4) is 0 Å². The van der Waals surface area contributed by atoms with Gasteiger partial charge in [0.25, 0.3) is 0 Å². The van der Waals surface area contributed by atoms with Gasteiger partial charge in [-0.3, -0.25) is 0 Å². The highest BCUT2D eigenvalue weighted by Gasteiger charge is 2.05. The Morgan fingerprint density at radius 1 is 0.515 bits per heavy atom. The minimum Gasteiger partial charge on any atom is -0.336 e. The molecule has 0 amide bonds. The predicted octanol–water partition coefficient (Wildman–Crippen LogP) is 9.94. The van der Waals surface area contributed by atoms with Gasteiger partial charge in [0.05, 0.1) is 13.2 Å². The lowest BCUT2D eigenvalue weighted by atomic mass is 10.0. The molecule has 0 spiro atoms. The monoisotopic (exact) mass is 487 g/mol. The maximum atomic E-state index is 5.73. The minimum absolute atomic E-state index is 0.232. The zero-order valence-electron chi connectivity index (χ0n) is 23.3. The van der Waals surface area contributed by atoms with Crippen LogP contribution in [-0.4, -0.2) is 37.7 Å². The van der Waals surface area contributed by atoms with Crippen LogP contribution in [0.5, 0.6) is 0 Å². The summed E-state index contributed by atoms with van der Waals surface area (Å²) < 4.78 is 11.4. The molecular formula is C29H62NO2P. The summed E-state index contributed by atoms with van der Waals surface area (Å²) in [5.41, 5.74) is 0. The van der Waals surface area contributed by atoms with Crippen molar-refractivity contribution >= 4 is 9.03 Å². The Hall–Kier alpha value is 0.310. The number of unbranched alkanes of at least 4 members (excludes halogenated alkanes) is 14. The molecule has 0 fully saturated rings. The van der Waals surface area contributed by atoms with Crippen LogP contribution < -0.4 is 0 Å². The zero-order valence-corrected chi connectivity index (χ0v) is 24.3. The number of rotatable bonds is 28. The van der Waals surface area contributed by atoms with Gasteiger partial charge in [0, 0.05) is 0 Å². The average molecular weight is 488 g/mol. The highest BCUT2D eigenvalue weighted by molar-refractivity contribution is 7.26. The maximum Gasteiger partial charge on any atom is 0.155 e. The van der Waals surface area contributed by atoms with Gasteiger partial charge >= 0.3 is 0 Å². The van der Waals surface area contributed by atoms with Crippen molar-refractivity contribution in [1.29, 1.82) is 0 Å². The largest absolute Gasteiger partial charge is 0.336 e. The molecular weight excluding hydrogens is 425 g/mol. The molecule has 200 valence electrons. The van der Waals surface area contributed by atoms with Crippen molar-refractivity contribution in [2.24, 2.45) is 5.92 Å². The van der Waals surface area contributed by atoms with Gasteiger partial charge in [-0.1, -0.05) is 118 Å². The molecule has 3 nitrogen and oxygen atoms in total. The van der Waals surface area contributed by atoms with Crippen molar-refractivity contribution in [2.75, 3.05) is 32.8 Å². The molecule has 0 aromatic rings. The van der Waals surface area contributed by atoms with Gasteiger partial charge in [-0.05, 0) is 57.7 Å². The van der Waals surface area contributed by atoms with E-state index in [1.54, 1.807) is 0 Å². The summed E-state index contributed by atoms with van der Waals surface area (Å²) in [6.45, 7) is 14.8. The van der Waals surface area contributed by atoms with Crippen LogP contribution in [0.2, 0.25) is 0 Å². The van der Waals surface area contributed by atoms with Crippen LogP contribution >= 0.6 is 9.03 Å². The fraction of sp³-hybridized carbons (Fsp3) is 1.00. The first kappa shape index (κ1) is 33.3. The van der Waals surface area contributed by atoms with Crippen molar-refractivity contribution in [2.45, 2.75) is 150 Å². The lowest BCUT2D eigenvalue weighted by molar-refractivity contribution is 0.232. The Balaban J connectivity index is 3.68. The molecule has 4 heteroatoms. The maximum absolute atomic E-state index is 5.73. The average Bonchev–Trinajstić information content (AvgIpc) is 2.80. The molecule has 0 bridgehead atoms. The first-order valence-electron chi connectivity index (χ1n) is 14.9. The predicted molar refractivity (Wildman–Crippen MR) is 151 cm³/mol. The van der Waals surface area contributed by atoms with Crippen molar-refractivity contribution in [3.05, 3.63) is 0 Å². The summed E-state index contributed by atoms with van der Waals surface area (Å²) in [6.07, 6.45) is 25.7. The van der Waals surface area contributed by atoms with E-state index in [0.717, 1.165) is 25.6 Å². The lowest BCUT2D eigenvalue weighted by Crippen LogP contribution is -2.27. The highest BCUT2D eigenvalue weighted by atomic mass is 31.1. The summed E-state index contributed by atoms with van der Waals surface area (Å²) in [4.78, 5) is 2.73. The van der Waals surface area contributed by atoms with Crippen LogP contribution in [0.25, 0.3) is 0 Å². The Bertz CT molecular complexity index is 339. The van der Waals surface area contributed by atoms with Gasteiger partial charge in [0.15, 0.2) is 9.03 Å². The smallest absolute Gasteiger partial charge is 0.155 e. The Labute approximate surface area is 211 Å². The fourth-order valence-electron chi connectivity index (χ4n) is 4.28. The second-order valence-electron chi connectivity index (χ2n) is 10.5. The second kappa shape index (κ2) is 28.5. The van der Waals surface area contributed by atoms with Crippen molar-refractivity contribution in [3.63, 3.8) is 0 Å². The standard InChI is InChI=1S/C29H62NO2P/c1-5-7-9-11-14-18-24-30(25-19-15-12-10-8-6-2)26-20-22-28-32-33-31-27-21-16-13-17-23-29(3)4/h29,33H,5-28H2,1-4H3. The van der Waals surface area contributed by atoms with Gasteiger partial charge in [0.2, 0.25) is 0 Å². The lowest BCUT2D eigenvalue weighted by Gasteiger charge is -2.22. The molecule has 33 heavy (non-hydrogen) atoms. The third-order valence-corrected chi connectivity index (χ3v) is 7.17. The summed E-state index contributed by atoms with van der Waals surface area (Å²) >= 11 is 0. The third-order valence-electron chi connectivity index (χ3n) is 6.52. The van der Waals surface area contributed by atoms with E-state index in [2.05, 4.69) is 32.6 Å². The Morgan fingerprint density at radius 2 is 0.909 bits per heavy atom. The van der Waals surface area contributed by atoms with Gasteiger partial charge in [-0.25, -0.2) is 0 Å². The van der Waals surface area contributed by atoms with E-state index >= 15 is 0 Å². The Kier molecular flexibility index (Phi) is 28.8. The van der Waals surface area contributed by atoms with Crippen LogP contribution in [0.15, 0.2) is 0 Å². The van der Waals surface area contributed by atoms with Crippen LogP contribution in [0.4, 0.5) is 0 Å². The van der Waals surface area contributed by atoms with Crippen molar-refractivity contribution in [1.82, 2.24) is 4.90 Å². The molecule has 0 radical (unpaired) electrons. The first-order valence-corrected chi connectivity index (χ1v) is 15.7. The molecule has 1 atom stereocenters. The molecule has 0 aliphatic carbocycles. The van der Waals surface area contributed by atoms with Crippen LogP contribution in [0.1, 0.15) is 150 Å². The zero-order chi connectivity index (χ0) is 24.2. The third kappa shape index (κ3) is 28.4. The molecule has 0 saturated heterocycles. The molecule has 1 unspecified atom stereocenters. The second-order valence-corrected chi connectivity index (χ2v) is 11.2. The van der Waals surface area contributed by atoms with Gasteiger partial charge in [-0.2, -0.15) is 0 Å². The van der Waals surface area contributed by atoms with Crippen molar-refractivity contribution in [3.8, 4) is 0 Å². The van der Waals surface area contributed by atoms with E-state index in [1.807, 2.05) is 0 Å². The van der Waals surface area contributed by atoms with Gasteiger partial charge < -0.3 is 13.9 Å². The van der Waals surface area contributed by atoms with Crippen LogP contribution in [-0.2, 0) is 9.05 Å². The number of hydrogen-bond donors (Lipinski definition) is 0. The molecule has 0 aromatic heterocycles. The number of hydrogen-bond acceptors (Lipinski definition) is 3. The quantitative estimate of drug-likeness (QED) is 0.0809. The van der Waals surface area contributed by atoms with Gasteiger partial charge in [0.1, 0.15) is 0 Å². The van der Waals surface area contributed by atoms with Crippen molar-refractivity contribution < 1.29 is 9.05 Å². The topological polar surface area (TPSA) is 21.7 Å². The van der Waals surface area contributed by atoms with Gasteiger partial charge in [-0.15, -0.1) is 0 Å². The SMILES string of the molecule is CCCCCCCCN(CCCCCCCC)CCCCOPOCCCCCCC(C)C. The molecule has 0 N–H and O–H groups in total. The molecule has 0 rings (SSSR count). The number of nitrogens with zero attached hydrogens (tertiary/aromatic N) is 1. The van der Waals surface area contributed by atoms with E-state index in [0.29, 0.717) is 0 Å².